The summed E-state index contributed by atoms with van der Waals surface area (Å²) in [5, 5.41) is 11.2. The van der Waals surface area contributed by atoms with Crippen LogP contribution < -0.4 is 5.32 Å². The molecule has 1 saturated carbocycles. The Morgan fingerprint density at radius 1 is 1.24 bits per heavy atom. The molecule has 6 nitrogen and oxygen atoms in total. The SMILES string of the molecule is N#CCN1CCN(C(=O)C(=O)NC2CC2)CC1. The number of amides is 2. The highest BCUT2D eigenvalue weighted by atomic mass is 16.2. The largest absolute Gasteiger partial charge is 0.345 e. The summed E-state index contributed by atoms with van der Waals surface area (Å²) in [7, 11) is 0. The van der Waals surface area contributed by atoms with Crippen molar-refractivity contribution in [3.8, 4) is 6.07 Å². The van der Waals surface area contributed by atoms with E-state index in [2.05, 4.69) is 11.4 Å². The van der Waals surface area contributed by atoms with Gasteiger partial charge in [-0.1, -0.05) is 0 Å². The monoisotopic (exact) mass is 236 g/mol. The Balaban J connectivity index is 1.77. The molecule has 17 heavy (non-hydrogen) atoms. The van der Waals surface area contributed by atoms with Crippen LogP contribution in [0, 0.1) is 11.3 Å². The van der Waals surface area contributed by atoms with Crippen molar-refractivity contribution in [3.05, 3.63) is 0 Å². The van der Waals surface area contributed by atoms with Gasteiger partial charge >= 0.3 is 11.8 Å². The Hall–Kier alpha value is -1.61. The van der Waals surface area contributed by atoms with E-state index in [1.807, 2.05) is 4.90 Å². The fourth-order valence-corrected chi connectivity index (χ4v) is 1.83. The highest BCUT2D eigenvalue weighted by Crippen LogP contribution is 2.18. The van der Waals surface area contributed by atoms with Crippen molar-refractivity contribution in [1.29, 1.82) is 5.26 Å². The van der Waals surface area contributed by atoms with Gasteiger partial charge in [-0.3, -0.25) is 14.5 Å². The van der Waals surface area contributed by atoms with Gasteiger partial charge in [-0.15, -0.1) is 0 Å². The molecule has 0 spiro atoms. The third kappa shape index (κ3) is 3.17. The van der Waals surface area contributed by atoms with E-state index in [0.29, 0.717) is 32.7 Å². The summed E-state index contributed by atoms with van der Waals surface area (Å²) in [6.07, 6.45) is 1.96. The Morgan fingerprint density at radius 3 is 2.41 bits per heavy atom. The summed E-state index contributed by atoms with van der Waals surface area (Å²) in [5.74, 6) is -0.922. The summed E-state index contributed by atoms with van der Waals surface area (Å²) >= 11 is 0. The lowest BCUT2D eigenvalue weighted by atomic mass is 10.3. The van der Waals surface area contributed by atoms with Crippen LogP contribution in [-0.4, -0.2) is 60.4 Å². The van der Waals surface area contributed by atoms with Gasteiger partial charge in [0, 0.05) is 32.2 Å². The van der Waals surface area contributed by atoms with Crippen LogP contribution >= 0.6 is 0 Å². The quantitative estimate of drug-likeness (QED) is 0.489. The minimum absolute atomic E-state index is 0.214. The van der Waals surface area contributed by atoms with Gasteiger partial charge in [0.25, 0.3) is 0 Å². The number of hydrogen-bond acceptors (Lipinski definition) is 4. The fourth-order valence-electron chi connectivity index (χ4n) is 1.83. The van der Waals surface area contributed by atoms with Gasteiger partial charge in [-0.2, -0.15) is 5.26 Å². The molecule has 0 radical (unpaired) electrons. The molecule has 0 aromatic rings. The van der Waals surface area contributed by atoms with E-state index in [1.165, 1.54) is 0 Å². The number of hydrogen-bond donors (Lipinski definition) is 1. The second-order valence-electron chi connectivity index (χ2n) is 4.47. The Morgan fingerprint density at radius 2 is 1.88 bits per heavy atom. The molecule has 2 rings (SSSR count). The van der Waals surface area contributed by atoms with Crippen molar-refractivity contribution < 1.29 is 9.59 Å². The highest BCUT2D eigenvalue weighted by Gasteiger charge is 2.30. The summed E-state index contributed by atoms with van der Waals surface area (Å²) < 4.78 is 0. The first-order valence-corrected chi connectivity index (χ1v) is 5.90. The maximum absolute atomic E-state index is 11.8. The van der Waals surface area contributed by atoms with Crippen LogP contribution in [-0.2, 0) is 9.59 Å². The van der Waals surface area contributed by atoms with E-state index in [1.54, 1.807) is 4.90 Å². The molecule has 0 atom stereocenters. The maximum atomic E-state index is 11.8. The lowest BCUT2D eigenvalue weighted by Gasteiger charge is -2.32. The molecule has 0 aromatic heterocycles. The molecule has 2 aliphatic rings. The third-order valence-electron chi connectivity index (χ3n) is 3.06. The van der Waals surface area contributed by atoms with Crippen molar-refractivity contribution in [2.45, 2.75) is 18.9 Å². The normalized spacial score (nSPS) is 20.8. The van der Waals surface area contributed by atoms with Gasteiger partial charge < -0.3 is 10.2 Å². The lowest BCUT2D eigenvalue weighted by Crippen LogP contribution is -2.52. The molecule has 0 aromatic carbocycles. The van der Waals surface area contributed by atoms with Crippen molar-refractivity contribution in [3.63, 3.8) is 0 Å². The van der Waals surface area contributed by atoms with Crippen molar-refractivity contribution in [2.75, 3.05) is 32.7 Å². The number of carbonyl (C=O) groups excluding carboxylic acids is 2. The number of rotatable bonds is 2. The van der Waals surface area contributed by atoms with Crippen LogP contribution in [0.3, 0.4) is 0 Å². The summed E-state index contributed by atoms with van der Waals surface area (Å²) in [4.78, 5) is 26.8. The van der Waals surface area contributed by atoms with Gasteiger partial charge in [-0.25, -0.2) is 0 Å². The summed E-state index contributed by atoms with van der Waals surface area (Å²) in [6, 6.07) is 2.30. The molecule has 1 aliphatic carbocycles. The van der Waals surface area contributed by atoms with Crippen molar-refractivity contribution in [2.24, 2.45) is 0 Å². The molecule has 92 valence electrons. The minimum Gasteiger partial charge on any atom is -0.345 e. The number of nitrogens with one attached hydrogen (secondary N) is 1. The Bertz CT molecular complexity index is 351. The molecule has 6 heteroatoms. The topological polar surface area (TPSA) is 76.4 Å². The zero-order valence-electron chi connectivity index (χ0n) is 9.69. The van der Waals surface area contributed by atoms with E-state index < -0.39 is 11.8 Å². The van der Waals surface area contributed by atoms with Crippen LogP contribution in [0.4, 0.5) is 0 Å². The Kier molecular flexibility index (Phi) is 3.59. The zero-order valence-corrected chi connectivity index (χ0v) is 9.69. The predicted octanol–water partition coefficient (Wildman–Crippen LogP) is -1.07. The Labute approximate surface area is 100 Å². The number of nitrogens with zero attached hydrogens (tertiary/aromatic N) is 3. The molecule has 1 heterocycles. The van der Waals surface area contributed by atoms with Gasteiger partial charge in [0.2, 0.25) is 0 Å². The lowest BCUT2D eigenvalue weighted by molar-refractivity contribution is -0.147. The van der Waals surface area contributed by atoms with E-state index in [9.17, 15) is 9.59 Å². The minimum atomic E-state index is -0.485. The van der Waals surface area contributed by atoms with Crippen LogP contribution in [0.25, 0.3) is 0 Å². The molecular formula is C11H16N4O2. The van der Waals surface area contributed by atoms with Gasteiger partial charge in [0.15, 0.2) is 0 Å². The molecule has 1 saturated heterocycles. The van der Waals surface area contributed by atoms with E-state index >= 15 is 0 Å². The van der Waals surface area contributed by atoms with Crippen molar-refractivity contribution in [1.82, 2.24) is 15.1 Å². The zero-order chi connectivity index (χ0) is 12.3. The van der Waals surface area contributed by atoms with E-state index in [0.717, 1.165) is 12.8 Å². The number of piperazine rings is 1. The second-order valence-corrected chi connectivity index (χ2v) is 4.47. The number of carbonyl (C=O) groups is 2. The first-order chi connectivity index (χ1) is 8.20. The summed E-state index contributed by atoms with van der Waals surface area (Å²) in [6.45, 7) is 2.76. The van der Waals surface area contributed by atoms with Crippen LogP contribution in [0.1, 0.15) is 12.8 Å². The second kappa shape index (κ2) is 5.15. The fraction of sp³-hybridized carbons (Fsp3) is 0.727. The molecule has 2 fully saturated rings. The van der Waals surface area contributed by atoms with Gasteiger partial charge in [-0.05, 0) is 12.8 Å². The molecule has 0 bridgehead atoms. The summed E-state index contributed by atoms with van der Waals surface area (Å²) in [5.41, 5.74) is 0. The standard InChI is InChI=1S/C11H16N4O2/c12-3-4-14-5-7-15(8-6-14)11(17)10(16)13-9-1-2-9/h9H,1-2,4-8H2,(H,13,16). The average Bonchev–Trinajstić information content (AvgIpc) is 3.13. The van der Waals surface area contributed by atoms with Crippen LogP contribution in [0.5, 0.6) is 0 Å². The first-order valence-electron chi connectivity index (χ1n) is 5.90. The highest BCUT2D eigenvalue weighted by molar-refractivity contribution is 6.35. The molecular weight excluding hydrogens is 220 g/mol. The number of nitriles is 1. The molecule has 1 N–H and O–H groups in total. The van der Waals surface area contributed by atoms with Crippen LogP contribution in [0.15, 0.2) is 0 Å². The van der Waals surface area contributed by atoms with E-state index in [-0.39, 0.29) is 6.04 Å². The smallest absolute Gasteiger partial charge is 0.311 e. The molecule has 2 amide bonds. The van der Waals surface area contributed by atoms with E-state index in [4.69, 9.17) is 5.26 Å². The average molecular weight is 236 g/mol. The molecule has 1 aliphatic heterocycles. The first kappa shape index (κ1) is 11.9. The van der Waals surface area contributed by atoms with Gasteiger partial charge in [0.1, 0.15) is 0 Å². The van der Waals surface area contributed by atoms with Crippen LogP contribution in [0.2, 0.25) is 0 Å². The predicted molar refractivity (Wildman–Crippen MR) is 59.8 cm³/mol. The molecule has 0 unspecified atom stereocenters. The third-order valence-corrected chi connectivity index (χ3v) is 3.06. The van der Waals surface area contributed by atoms with Crippen molar-refractivity contribution >= 4 is 11.8 Å². The van der Waals surface area contributed by atoms with Gasteiger partial charge in [0.05, 0.1) is 12.6 Å². The maximum Gasteiger partial charge on any atom is 0.311 e.